The minimum absolute atomic E-state index is 0.199. The molecule has 1 atom stereocenters. The van der Waals surface area contributed by atoms with Crippen LogP contribution in [0, 0.1) is 0 Å². The Morgan fingerprint density at radius 1 is 1.19 bits per heavy atom. The summed E-state index contributed by atoms with van der Waals surface area (Å²) in [6.45, 7) is 5.44. The zero-order valence-electron chi connectivity index (χ0n) is 19.5. The molecule has 2 aromatic rings. The first kappa shape index (κ1) is 23.4. The highest BCUT2D eigenvalue weighted by atomic mass is 32.2. The molecule has 0 radical (unpaired) electrons. The Labute approximate surface area is 191 Å². The molecule has 2 aromatic heterocycles. The number of hydrogen-bond acceptors (Lipinski definition) is 6. The van der Waals surface area contributed by atoms with Crippen molar-refractivity contribution >= 4 is 27.0 Å². The molecule has 178 valence electrons. The lowest BCUT2D eigenvalue weighted by Gasteiger charge is -2.30. The lowest BCUT2D eigenvalue weighted by Crippen LogP contribution is -2.37. The van der Waals surface area contributed by atoms with Crippen molar-refractivity contribution in [3.63, 3.8) is 0 Å². The SMILES string of the molecule is CCC[C@H](C)Nc1ncc2c(C3CCN(S(C)(=O)=O)CC3)cn(C3CCC(O)CC3)c2n1. The molecule has 0 amide bonds. The lowest BCUT2D eigenvalue weighted by atomic mass is 9.90. The molecule has 0 bridgehead atoms. The van der Waals surface area contributed by atoms with Gasteiger partial charge in [0, 0.05) is 43.0 Å². The molecule has 0 spiro atoms. The number of hydrogen-bond donors (Lipinski definition) is 2. The molecule has 8 nitrogen and oxygen atoms in total. The summed E-state index contributed by atoms with van der Waals surface area (Å²) in [6, 6.07) is 0.632. The highest BCUT2D eigenvalue weighted by Gasteiger charge is 2.30. The monoisotopic (exact) mass is 463 g/mol. The minimum atomic E-state index is -3.14. The fraction of sp³-hybridized carbons (Fsp3) is 0.739. The van der Waals surface area contributed by atoms with Gasteiger partial charge in [-0.3, -0.25) is 0 Å². The Kier molecular flexibility index (Phi) is 7.07. The molecule has 9 heteroatoms. The van der Waals surface area contributed by atoms with E-state index in [2.05, 4.69) is 34.9 Å². The molecule has 0 aromatic carbocycles. The average molecular weight is 464 g/mol. The standard InChI is InChI=1S/C23H37N5O3S/c1-4-5-16(2)25-23-24-14-20-21(17-10-12-27(13-11-17)32(3,30)31)15-28(22(20)26-23)18-6-8-19(29)9-7-18/h14-19,29H,4-13H2,1-3H3,(H,24,25,26)/t16-,18?,19?/m0/s1. The molecule has 2 N–H and O–H groups in total. The van der Waals surface area contributed by atoms with Crippen LogP contribution in [0.4, 0.5) is 5.95 Å². The van der Waals surface area contributed by atoms with Gasteiger partial charge in [-0.05, 0) is 63.4 Å². The van der Waals surface area contributed by atoms with E-state index in [0.717, 1.165) is 62.4 Å². The van der Waals surface area contributed by atoms with E-state index < -0.39 is 10.0 Å². The predicted molar refractivity (Wildman–Crippen MR) is 127 cm³/mol. The van der Waals surface area contributed by atoms with E-state index in [-0.39, 0.29) is 6.10 Å². The number of rotatable bonds is 7. The molecule has 1 saturated heterocycles. The Bertz CT molecular complexity index is 1020. The zero-order chi connectivity index (χ0) is 22.9. The molecule has 1 saturated carbocycles. The summed E-state index contributed by atoms with van der Waals surface area (Å²) in [6.07, 6.45) is 12.6. The maximum Gasteiger partial charge on any atom is 0.224 e. The molecule has 4 rings (SSSR count). The molecule has 2 fully saturated rings. The van der Waals surface area contributed by atoms with Crippen molar-refractivity contribution in [2.45, 2.75) is 89.3 Å². The summed E-state index contributed by atoms with van der Waals surface area (Å²) in [5.41, 5.74) is 2.18. The smallest absolute Gasteiger partial charge is 0.224 e. The highest BCUT2D eigenvalue weighted by molar-refractivity contribution is 7.88. The van der Waals surface area contributed by atoms with Gasteiger partial charge >= 0.3 is 0 Å². The number of aromatic nitrogens is 3. The van der Waals surface area contributed by atoms with Crippen molar-refractivity contribution in [1.82, 2.24) is 18.8 Å². The van der Waals surface area contributed by atoms with Crippen LogP contribution >= 0.6 is 0 Å². The summed E-state index contributed by atoms with van der Waals surface area (Å²) in [7, 11) is -3.14. The zero-order valence-corrected chi connectivity index (χ0v) is 20.3. The fourth-order valence-electron chi connectivity index (χ4n) is 5.29. The normalized spacial score (nSPS) is 24.6. The summed E-state index contributed by atoms with van der Waals surface area (Å²) in [4.78, 5) is 9.56. The van der Waals surface area contributed by atoms with Gasteiger partial charge < -0.3 is 15.0 Å². The van der Waals surface area contributed by atoms with E-state index in [1.807, 2.05) is 6.20 Å². The Balaban J connectivity index is 1.65. The van der Waals surface area contributed by atoms with E-state index in [1.54, 1.807) is 4.31 Å². The second-order valence-electron chi connectivity index (χ2n) is 9.66. The number of aliphatic hydroxyl groups excluding tert-OH is 1. The largest absolute Gasteiger partial charge is 0.393 e. The van der Waals surface area contributed by atoms with E-state index in [0.29, 0.717) is 37.0 Å². The highest BCUT2D eigenvalue weighted by Crippen LogP contribution is 2.38. The number of nitrogens with zero attached hydrogens (tertiary/aromatic N) is 4. The van der Waals surface area contributed by atoms with Gasteiger partial charge in [-0.1, -0.05) is 13.3 Å². The van der Waals surface area contributed by atoms with Gasteiger partial charge in [-0.15, -0.1) is 0 Å². The van der Waals surface area contributed by atoms with Crippen LogP contribution in [0.1, 0.15) is 82.7 Å². The maximum atomic E-state index is 11.9. The van der Waals surface area contributed by atoms with Gasteiger partial charge in [-0.25, -0.2) is 17.7 Å². The second-order valence-corrected chi connectivity index (χ2v) is 11.6. The number of sulfonamides is 1. The molecule has 32 heavy (non-hydrogen) atoms. The van der Waals surface area contributed by atoms with Crippen LogP contribution in [0.25, 0.3) is 11.0 Å². The lowest BCUT2D eigenvalue weighted by molar-refractivity contribution is 0.111. The number of piperidine rings is 1. The third kappa shape index (κ3) is 5.10. The van der Waals surface area contributed by atoms with Crippen LogP contribution in [-0.4, -0.2) is 63.9 Å². The van der Waals surface area contributed by atoms with E-state index in [4.69, 9.17) is 4.98 Å². The second kappa shape index (κ2) is 9.65. The fourth-order valence-corrected chi connectivity index (χ4v) is 6.16. The summed E-state index contributed by atoms with van der Waals surface area (Å²) in [5.74, 6) is 0.958. The predicted octanol–water partition coefficient (Wildman–Crippen LogP) is 3.65. The molecule has 0 unspecified atom stereocenters. The number of nitrogens with one attached hydrogen (secondary N) is 1. The molecule has 1 aliphatic carbocycles. The van der Waals surface area contributed by atoms with Gasteiger partial charge in [-0.2, -0.15) is 4.98 Å². The quantitative estimate of drug-likeness (QED) is 0.650. The van der Waals surface area contributed by atoms with E-state index >= 15 is 0 Å². The van der Waals surface area contributed by atoms with Crippen molar-refractivity contribution in [1.29, 1.82) is 0 Å². The first-order valence-corrected chi connectivity index (χ1v) is 13.9. The Hall–Kier alpha value is -1.71. The van der Waals surface area contributed by atoms with Gasteiger partial charge in [0.25, 0.3) is 0 Å². The van der Waals surface area contributed by atoms with E-state index in [9.17, 15) is 13.5 Å². The number of fused-ring (bicyclic) bond motifs is 1. The van der Waals surface area contributed by atoms with Crippen LogP contribution in [-0.2, 0) is 10.0 Å². The molecule has 2 aliphatic rings. The Morgan fingerprint density at radius 2 is 1.88 bits per heavy atom. The summed E-state index contributed by atoms with van der Waals surface area (Å²) >= 11 is 0. The van der Waals surface area contributed by atoms with Gasteiger partial charge in [0.15, 0.2) is 0 Å². The van der Waals surface area contributed by atoms with Crippen LogP contribution in [0.5, 0.6) is 0 Å². The summed E-state index contributed by atoms with van der Waals surface area (Å²) in [5, 5.41) is 14.5. The third-order valence-corrected chi connectivity index (χ3v) is 8.43. The molecular formula is C23H37N5O3S. The third-order valence-electron chi connectivity index (χ3n) is 7.12. The average Bonchev–Trinajstić information content (AvgIpc) is 3.13. The van der Waals surface area contributed by atoms with Crippen molar-refractivity contribution in [3.8, 4) is 0 Å². The first-order chi connectivity index (χ1) is 15.3. The van der Waals surface area contributed by atoms with Crippen LogP contribution in [0.2, 0.25) is 0 Å². The first-order valence-electron chi connectivity index (χ1n) is 12.0. The summed E-state index contributed by atoms with van der Waals surface area (Å²) < 4.78 is 27.7. The Morgan fingerprint density at radius 3 is 2.50 bits per heavy atom. The van der Waals surface area contributed by atoms with E-state index in [1.165, 1.54) is 11.8 Å². The minimum Gasteiger partial charge on any atom is -0.393 e. The molecule has 1 aliphatic heterocycles. The van der Waals surface area contributed by atoms with Crippen LogP contribution in [0.15, 0.2) is 12.4 Å². The van der Waals surface area contributed by atoms with Crippen molar-refractivity contribution in [3.05, 3.63) is 18.0 Å². The van der Waals surface area contributed by atoms with Gasteiger partial charge in [0.05, 0.1) is 12.4 Å². The number of aliphatic hydroxyl groups is 1. The van der Waals surface area contributed by atoms with Gasteiger partial charge in [0.1, 0.15) is 5.65 Å². The van der Waals surface area contributed by atoms with Crippen molar-refractivity contribution in [2.24, 2.45) is 0 Å². The maximum absolute atomic E-state index is 11.9. The topological polar surface area (TPSA) is 100 Å². The van der Waals surface area contributed by atoms with Crippen molar-refractivity contribution in [2.75, 3.05) is 24.7 Å². The molecular weight excluding hydrogens is 426 g/mol. The number of anilines is 1. The molecule has 3 heterocycles. The van der Waals surface area contributed by atoms with Gasteiger partial charge in [0.2, 0.25) is 16.0 Å². The van der Waals surface area contributed by atoms with Crippen molar-refractivity contribution < 1.29 is 13.5 Å². The van der Waals surface area contributed by atoms with Crippen LogP contribution < -0.4 is 5.32 Å². The van der Waals surface area contributed by atoms with Crippen LogP contribution in [0.3, 0.4) is 0 Å².